The van der Waals surface area contributed by atoms with Crippen LogP contribution in [0.25, 0.3) is 17.0 Å². The van der Waals surface area contributed by atoms with E-state index in [-0.39, 0.29) is 16.9 Å². The molecule has 0 amide bonds. The fraction of sp³-hybridized carbons (Fsp3) is 0.105. The van der Waals surface area contributed by atoms with Gasteiger partial charge in [0.1, 0.15) is 11.0 Å². The van der Waals surface area contributed by atoms with Crippen LogP contribution in [0.3, 0.4) is 0 Å². The molecule has 0 fully saturated rings. The maximum Gasteiger partial charge on any atom is 0.325 e. The average Bonchev–Trinajstić information content (AvgIpc) is 3.23. The summed E-state index contributed by atoms with van der Waals surface area (Å²) in [6.45, 7) is 3.77. The summed E-state index contributed by atoms with van der Waals surface area (Å²) >= 11 is 6.07. The number of rotatable bonds is 5. The maximum atomic E-state index is 14.7. The van der Waals surface area contributed by atoms with E-state index in [9.17, 15) is 4.39 Å². The highest BCUT2D eigenvalue weighted by atomic mass is 35.5. The molecule has 142 valence electrons. The van der Waals surface area contributed by atoms with Crippen LogP contribution in [0.5, 0.6) is 11.8 Å². The average molecular weight is 399 g/mol. The van der Waals surface area contributed by atoms with E-state index in [2.05, 4.69) is 30.5 Å². The number of benzene rings is 1. The number of halogens is 2. The van der Waals surface area contributed by atoms with E-state index < -0.39 is 5.82 Å². The summed E-state index contributed by atoms with van der Waals surface area (Å²) in [5.41, 5.74) is 2.37. The number of ether oxygens (including phenoxy) is 1. The first-order chi connectivity index (χ1) is 13.5. The number of fused-ring (bicyclic) bond motifs is 1. The Balaban J connectivity index is 1.61. The van der Waals surface area contributed by atoms with E-state index in [4.69, 9.17) is 16.3 Å². The van der Waals surface area contributed by atoms with E-state index in [0.29, 0.717) is 22.5 Å². The van der Waals surface area contributed by atoms with Gasteiger partial charge in [0.05, 0.1) is 5.69 Å². The standard InChI is InChI=1S/C19H16ClFN6O/c1-3-4-11-8-17(27-26-11)24-16-9-15(20)23-19(25-16)28-14-6-5-13-12(18(14)21)7-10(2)22-13/h3-9,22H,1-2H3,(H2,23,24,25,26,27). The molecule has 3 heterocycles. The molecule has 28 heavy (non-hydrogen) atoms. The van der Waals surface area contributed by atoms with Crippen molar-refractivity contribution in [1.82, 2.24) is 25.1 Å². The number of nitrogens with one attached hydrogen (secondary N) is 3. The third kappa shape index (κ3) is 3.67. The molecular weight excluding hydrogens is 383 g/mol. The van der Waals surface area contributed by atoms with Crippen LogP contribution in [0.4, 0.5) is 16.0 Å². The Morgan fingerprint density at radius 3 is 2.86 bits per heavy atom. The second-order valence-corrected chi connectivity index (χ2v) is 6.47. The van der Waals surface area contributed by atoms with Crippen LogP contribution in [0.1, 0.15) is 18.3 Å². The number of hydrogen-bond donors (Lipinski definition) is 3. The maximum absolute atomic E-state index is 14.7. The first-order valence-corrected chi connectivity index (χ1v) is 8.85. The van der Waals surface area contributed by atoms with Gasteiger partial charge in [-0.2, -0.15) is 15.1 Å². The highest BCUT2D eigenvalue weighted by molar-refractivity contribution is 6.29. The van der Waals surface area contributed by atoms with Gasteiger partial charge in [0.25, 0.3) is 0 Å². The molecule has 4 rings (SSSR count). The summed E-state index contributed by atoms with van der Waals surface area (Å²) in [6.07, 6.45) is 3.77. The van der Waals surface area contributed by atoms with Crippen molar-refractivity contribution in [1.29, 1.82) is 0 Å². The van der Waals surface area contributed by atoms with Gasteiger partial charge in [-0.3, -0.25) is 5.10 Å². The van der Waals surface area contributed by atoms with Crippen LogP contribution in [0.2, 0.25) is 5.15 Å². The highest BCUT2D eigenvalue weighted by Gasteiger charge is 2.14. The zero-order valence-corrected chi connectivity index (χ0v) is 15.8. The van der Waals surface area contributed by atoms with Crippen LogP contribution in [-0.2, 0) is 0 Å². The highest BCUT2D eigenvalue weighted by Crippen LogP contribution is 2.30. The van der Waals surface area contributed by atoms with E-state index in [1.54, 1.807) is 18.2 Å². The number of nitrogens with zero attached hydrogens (tertiary/aromatic N) is 3. The summed E-state index contributed by atoms with van der Waals surface area (Å²) in [4.78, 5) is 11.3. The van der Waals surface area contributed by atoms with Gasteiger partial charge >= 0.3 is 6.01 Å². The molecule has 0 radical (unpaired) electrons. The predicted octanol–water partition coefficient (Wildman–Crippen LogP) is 5.35. The van der Waals surface area contributed by atoms with Gasteiger partial charge in [0, 0.05) is 28.7 Å². The number of aryl methyl sites for hydroxylation is 1. The molecule has 9 heteroatoms. The molecular formula is C19H16ClFN6O. The Morgan fingerprint density at radius 1 is 1.18 bits per heavy atom. The smallest absolute Gasteiger partial charge is 0.325 e. The minimum Gasteiger partial charge on any atom is -0.421 e. The van der Waals surface area contributed by atoms with E-state index in [1.807, 2.05) is 26.0 Å². The lowest BCUT2D eigenvalue weighted by Crippen LogP contribution is -1.99. The van der Waals surface area contributed by atoms with Gasteiger partial charge < -0.3 is 15.0 Å². The molecule has 0 bridgehead atoms. The number of aromatic nitrogens is 5. The van der Waals surface area contributed by atoms with Crippen LogP contribution in [-0.4, -0.2) is 25.1 Å². The van der Waals surface area contributed by atoms with Gasteiger partial charge in [-0.1, -0.05) is 17.7 Å². The van der Waals surface area contributed by atoms with E-state index >= 15 is 0 Å². The predicted molar refractivity (Wildman–Crippen MR) is 107 cm³/mol. The monoisotopic (exact) mass is 398 g/mol. The van der Waals surface area contributed by atoms with Crippen molar-refractivity contribution in [3.05, 3.63) is 58.8 Å². The molecule has 0 aliphatic rings. The summed E-state index contributed by atoms with van der Waals surface area (Å²) in [7, 11) is 0. The summed E-state index contributed by atoms with van der Waals surface area (Å²) in [6, 6.07) is 8.21. The lowest BCUT2D eigenvalue weighted by atomic mass is 10.2. The molecule has 0 saturated carbocycles. The second-order valence-electron chi connectivity index (χ2n) is 6.09. The quantitative estimate of drug-likeness (QED) is 0.394. The van der Waals surface area contributed by atoms with Crippen molar-refractivity contribution < 1.29 is 9.13 Å². The van der Waals surface area contributed by atoms with Crippen LogP contribution in [0, 0.1) is 12.7 Å². The first-order valence-electron chi connectivity index (χ1n) is 8.47. The molecule has 4 aromatic rings. The van der Waals surface area contributed by atoms with Crippen LogP contribution in [0.15, 0.2) is 36.4 Å². The Kier molecular flexibility index (Phi) is 4.70. The number of anilines is 2. The molecule has 0 atom stereocenters. The number of hydrogen-bond acceptors (Lipinski definition) is 5. The topological polar surface area (TPSA) is 91.5 Å². The Hall–Kier alpha value is -3.39. The lowest BCUT2D eigenvalue weighted by Gasteiger charge is -2.08. The van der Waals surface area contributed by atoms with Crippen molar-refractivity contribution in [2.75, 3.05) is 5.32 Å². The fourth-order valence-electron chi connectivity index (χ4n) is 2.77. The lowest BCUT2D eigenvalue weighted by molar-refractivity contribution is 0.414. The van der Waals surface area contributed by atoms with Gasteiger partial charge in [-0.25, -0.2) is 4.39 Å². The first kappa shape index (κ1) is 18.0. The minimum atomic E-state index is -0.497. The fourth-order valence-corrected chi connectivity index (χ4v) is 2.94. The molecule has 0 saturated heterocycles. The van der Waals surface area contributed by atoms with Crippen molar-refractivity contribution in [3.8, 4) is 11.8 Å². The molecule has 3 aromatic heterocycles. The second kappa shape index (κ2) is 7.32. The zero-order valence-electron chi connectivity index (χ0n) is 15.0. The third-order valence-electron chi connectivity index (χ3n) is 3.91. The van der Waals surface area contributed by atoms with Gasteiger partial charge in [-0.15, -0.1) is 0 Å². The molecule has 0 unspecified atom stereocenters. The summed E-state index contributed by atoms with van der Waals surface area (Å²) < 4.78 is 20.3. The van der Waals surface area contributed by atoms with Gasteiger partial charge in [0.2, 0.25) is 0 Å². The normalized spacial score (nSPS) is 11.4. The molecule has 7 nitrogen and oxygen atoms in total. The van der Waals surface area contributed by atoms with E-state index in [1.165, 1.54) is 12.1 Å². The van der Waals surface area contributed by atoms with Crippen molar-refractivity contribution in [2.45, 2.75) is 13.8 Å². The number of H-pyrrole nitrogens is 2. The van der Waals surface area contributed by atoms with Crippen LogP contribution >= 0.6 is 11.6 Å². The van der Waals surface area contributed by atoms with Gasteiger partial charge in [0.15, 0.2) is 17.4 Å². The van der Waals surface area contributed by atoms with Gasteiger partial charge in [-0.05, 0) is 38.1 Å². The van der Waals surface area contributed by atoms with Crippen molar-refractivity contribution in [3.63, 3.8) is 0 Å². The summed E-state index contributed by atoms with van der Waals surface area (Å²) in [5, 5.41) is 10.6. The van der Waals surface area contributed by atoms with Crippen molar-refractivity contribution >= 4 is 40.2 Å². The Labute approximate surface area is 164 Å². The molecule has 0 aliphatic carbocycles. The molecule has 3 N–H and O–H groups in total. The molecule has 1 aromatic carbocycles. The third-order valence-corrected chi connectivity index (χ3v) is 4.11. The van der Waals surface area contributed by atoms with Crippen LogP contribution < -0.4 is 10.1 Å². The molecule has 0 aliphatic heterocycles. The molecule has 0 spiro atoms. The SMILES string of the molecule is CC=Cc1cc(Nc2cc(Cl)nc(Oc3ccc4[nH]c(C)cc4c3F)n2)n[nH]1. The number of allylic oxidation sites excluding steroid dienone is 1. The Morgan fingerprint density at radius 2 is 2.04 bits per heavy atom. The minimum absolute atomic E-state index is 0.00913. The van der Waals surface area contributed by atoms with Crippen molar-refractivity contribution in [2.24, 2.45) is 0 Å². The summed E-state index contributed by atoms with van der Waals surface area (Å²) in [5.74, 6) is 0.426. The zero-order chi connectivity index (χ0) is 19.7. The largest absolute Gasteiger partial charge is 0.421 e. The van der Waals surface area contributed by atoms with E-state index in [0.717, 1.165) is 11.4 Å². The Bertz CT molecular complexity index is 1180. The number of aromatic amines is 2.